The fourth-order valence-electron chi connectivity index (χ4n) is 2.01. The van der Waals surface area contributed by atoms with Crippen molar-refractivity contribution >= 4 is 23.4 Å². The van der Waals surface area contributed by atoms with E-state index in [4.69, 9.17) is 10.00 Å². The lowest BCUT2D eigenvalue weighted by molar-refractivity contribution is -0.115. The molecule has 0 spiro atoms. The van der Waals surface area contributed by atoms with Crippen molar-refractivity contribution in [3.05, 3.63) is 29.8 Å². The Kier molecular flexibility index (Phi) is 5.90. The van der Waals surface area contributed by atoms with Gasteiger partial charge >= 0.3 is 0 Å². The second-order valence-electron chi connectivity index (χ2n) is 4.67. The molecule has 1 saturated heterocycles. The minimum absolute atomic E-state index is 0.0225. The fourth-order valence-corrected chi connectivity index (χ4v) is 3.17. The van der Waals surface area contributed by atoms with Crippen LogP contribution in [0, 0.1) is 11.3 Å². The van der Waals surface area contributed by atoms with Crippen LogP contribution >= 0.6 is 11.8 Å². The van der Waals surface area contributed by atoms with Crippen LogP contribution in [-0.2, 0) is 9.53 Å². The summed E-state index contributed by atoms with van der Waals surface area (Å²) in [6.07, 6.45) is 2.69. The van der Waals surface area contributed by atoms with E-state index in [0.29, 0.717) is 17.2 Å². The lowest BCUT2D eigenvalue weighted by Crippen LogP contribution is -2.19. The number of hydrogen-bond acceptors (Lipinski definition) is 4. The Labute approximate surface area is 123 Å². The lowest BCUT2D eigenvalue weighted by atomic mass is 10.2. The molecule has 4 nitrogen and oxygen atoms in total. The molecule has 2 rings (SSSR count). The van der Waals surface area contributed by atoms with Crippen LogP contribution in [0.3, 0.4) is 0 Å². The van der Waals surface area contributed by atoms with Crippen LogP contribution in [-0.4, -0.2) is 30.1 Å². The number of ether oxygens (including phenoxy) is 1. The zero-order chi connectivity index (χ0) is 14.2. The molecule has 1 aliphatic rings. The quantitative estimate of drug-likeness (QED) is 0.905. The third kappa shape index (κ3) is 4.87. The van der Waals surface area contributed by atoms with Crippen LogP contribution in [0.5, 0.6) is 0 Å². The highest BCUT2D eigenvalue weighted by molar-refractivity contribution is 7.99. The Morgan fingerprint density at radius 2 is 2.05 bits per heavy atom. The molecule has 20 heavy (non-hydrogen) atoms. The van der Waals surface area contributed by atoms with E-state index in [9.17, 15) is 4.79 Å². The molecule has 1 heterocycles. The van der Waals surface area contributed by atoms with E-state index >= 15 is 0 Å². The molecule has 5 heteroatoms. The van der Waals surface area contributed by atoms with Crippen molar-refractivity contribution in [2.24, 2.45) is 0 Å². The van der Waals surface area contributed by atoms with Gasteiger partial charge in [-0.25, -0.2) is 0 Å². The summed E-state index contributed by atoms with van der Waals surface area (Å²) in [5.74, 6) is 0.863. The Hall–Kier alpha value is -1.51. The van der Waals surface area contributed by atoms with Gasteiger partial charge in [0.25, 0.3) is 0 Å². The number of nitriles is 1. The van der Waals surface area contributed by atoms with E-state index in [0.717, 1.165) is 37.5 Å². The third-order valence-corrected chi connectivity index (χ3v) is 4.53. The number of amides is 1. The van der Waals surface area contributed by atoms with Crippen LogP contribution in [0.2, 0.25) is 0 Å². The molecule has 1 N–H and O–H groups in total. The summed E-state index contributed by atoms with van der Waals surface area (Å²) in [4.78, 5) is 11.8. The van der Waals surface area contributed by atoms with Crippen molar-refractivity contribution < 1.29 is 9.53 Å². The van der Waals surface area contributed by atoms with Gasteiger partial charge in [-0.1, -0.05) is 0 Å². The molecule has 0 atom stereocenters. The highest BCUT2D eigenvalue weighted by Crippen LogP contribution is 2.22. The fraction of sp³-hybridized carbons (Fsp3) is 0.467. The monoisotopic (exact) mass is 290 g/mol. The highest BCUT2D eigenvalue weighted by atomic mass is 32.2. The zero-order valence-corrected chi connectivity index (χ0v) is 12.1. The normalized spacial score (nSPS) is 15.6. The molecule has 0 aliphatic carbocycles. The van der Waals surface area contributed by atoms with E-state index in [2.05, 4.69) is 11.4 Å². The van der Waals surface area contributed by atoms with Gasteiger partial charge in [0.1, 0.15) is 0 Å². The van der Waals surface area contributed by atoms with E-state index in [1.54, 1.807) is 24.3 Å². The van der Waals surface area contributed by atoms with E-state index in [-0.39, 0.29) is 5.91 Å². The van der Waals surface area contributed by atoms with Crippen molar-refractivity contribution in [1.82, 2.24) is 0 Å². The first-order valence-corrected chi connectivity index (χ1v) is 7.82. The highest BCUT2D eigenvalue weighted by Gasteiger charge is 2.14. The van der Waals surface area contributed by atoms with Gasteiger partial charge in [0.2, 0.25) is 5.91 Å². The SMILES string of the molecule is N#Cc1ccc(NC(=O)CCSC2CCOCC2)cc1. The van der Waals surface area contributed by atoms with Gasteiger partial charge in [0.15, 0.2) is 0 Å². The number of carbonyl (C=O) groups excluding carboxylic acids is 1. The molecular weight excluding hydrogens is 272 g/mol. The van der Waals surface area contributed by atoms with Crippen LogP contribution in [0.25, 0.3) is 0 Å². The molecule has 0 radical (unpaired) electrons. The number of thioether (sulfide) groups is 1. The first-order valence-electron chi connectivity index (χ1n) is 6.77. The average molecular weight is 290 g/mol. The summed E-state index contributed by atoms with van der Waals surface area (Å²) in [6, 6.07) is 8.96. The molecule has 0 unspecified atom stereocenters. The van der Waals surface area contributed by atoms with E-state index < -0.39 is 0 Å². The molecule has 0 aromatic heterocycles. The topological polar surface area (TPSA) is 62.1 Å². The smallest absolute Gasteiger partial charge is 0.225 e. The largest absolute Gasteiger partial charge is 0.381 e. The molecule has 1 fully saturated rings. The lowest BCUT2D eigenvalue weighted by Gasteiger charge is -2.21. The zero-order valence-electron chi connectivity index (χ0n) is 11.3. The molecule has 1 amide bonds. The van der Waals surface area contributed by atoms with Gasteiger partial charge in [-0.2, -0.15) is 17.0 Å². The molecule has 0 saturated carbocycles. The van der Waals surface area contributed by atoms with E-state index in [1.807, 2.05) is 11.8 Å². The number of carbonyl (C=O) groups is 1. The predicted molar refractivity (Wildman–Crippen MR) is 80.7 cm³/mol. The Morgan fingerprint density at radius 1 is 1.35 bits per heavy atom. The standard InChI is InChI=1S/C15H18N2O2S/c16-11-12-1-3-13(4-2-12)17-15(18)7-10-20-14-5-8-19-9-6-14/h1-4,14H,5-10H2,(H,17,18). The molecule has 1 aromatic rings. The van der Waals surface area contributed by atoms with Crippen molar-refractivity contribution in [3.63, 3.8) is 0 Å². The maximum atomic E-state index is 11.8. The molecule has 106 valence electrons. The summed E-state index contributed by atoms with van der Waals surface area (Å²) in [5.41, 5.74) is 1.34. The minimum Gasteiger partial charge on any atom is -0.381 e. The molecule has 1 aromatic carbocycles. The summed E-state index contributed by atoms with van der Waals surface area (Å²) >= 11 is 1.86. The van der Waals surface area contributed by atoms with Crippen LogP contribution in [0.1, 0.15) is 24.8 Å². The van der Waals surface area contributed by atoms with Gasteiger partial charge in [-0.05, 0) is 37.1 Å². The number of hydrogen-bond donors (Lipinski definition) is 1. The van der Waals surface area contributed by atoms with Crippen molar-refractivity contribution in [2.45, 2.75) is 24.5 Å². The van der Waals surface area contributed by atoms with Gasteiger partial charge in [-0.15, -0.1) is 0 Å². The molecule has 0 bridgehead atoms. The number of anilines is 1. The first-order chi connectivity index (χ1) is 9.78. The number of nitrogens with zero attached hydrogens (tertiary/aromatic N) is 1. The maximum Gasteiger partial charge on any atom is 0.225 e. The summed E-state index contributed by atoms with van der Waals surface area (Å²) in [5, 5.41) is 12.2. The molecule has 1 aliphatic heterocycles. The summed E-state index contributed by atoms with van der Waals surface area (Å²) in [7, 11) is 0. The van der Waals surface area contributed by atoms with Crippen molar-refractivity contribution in [2.75, 3.05) is 24.3 Å². The Bertz CT molecular complexity index is 476. The summed E-state index contributed by atoms with van der Waals surface area (Å²) in [6.45, 7) is 1.68. The minimum atomic E-state index is 0.0225. The predicted octanol–water partition coefficient (Wildman–Crippen LogP) is 2.80. The van der Waals surface area contributed by atoms with Gasteiger partial charge in [-0.3, -0.25) is 4.79 Å². The second kappa shape index (κ2) is 7.93. The van der Waals surface area contributed by atoms with Crippen molar-refractivity contribution in [3.8, 4) is 6.07 Å². The average Bonchev–Trinajstić information content (AvgIpc) is 2.49. The van der Waals surface area contributed by atoms with Crippen LogP contribution in [0.15, 0.2) is 24.3 Å². The van der Waals surface area contributed by atoms with Gasteiger partial charge in [0, 0.05) is 36.3 Å². The first kappa shape index (κ1) is 14.9. The Morgan fingerprint density at radius 3 is 2.70 bits per heavy atom. The second-order valence-corrected chi connectivity index (χ2v) is 6.08. The maximum absolute atomic E-state index is 11.8. The van der Waals surface area contributed by atoms with Gasteiger partial charge in [0.05, 0.1) is 11.6 Å². The summed E-state index contributed by atoms with van der Waals surface area (Å²) < 4.78 is 5.31. The number of nitrogens with one attached hydrogen (secondary N) is 1. The number of rotatable bonds is 5. The van der Waals surface area contributed by atoms with Gasteiger partial charge < -0.3 is 10.1 Å². The van der Waals surface area contributed by atoms with Crippen molar-refractivity contribution in [1.29, 1.82) is 5.26 Å². The van der Waals surface area contributed by atoms with Crippen LogP contribution in [0.4, 0.5) is 5.69 Å². The van der Waals surface area contributed by atoms with Crippen LogP contribution < -0.4 is 5.32 Å². The third-order valence-electron chi connectivity index (χ3n) is 3.15. The molecular formula is C15H18N2O2S. The van der Waals surface area contributed by atoms with E-state index in [1.165, 1.54) is 0 Å². The number of benzene rings is 1. The Balaban J connectivity index is 1.68.